The minimum Gasteiger partial charge on any atom is -0.484 e. The molecule has 1 aromatic heterocycles. The number of non-ortho nitro benzene ring substituents is 1. The fraction of sp³-hybridized carbons (Fsp3) is 0.0833. The van der Waals surface area contributed by atoms with Gasteiger partial charge in [-0.15, -0.1) is 11.3 Å². The molecule has 0 saturated carbocycles. The maximum absolute atomic E-state index is 11.8. The van der Waals surface area contributed by atoms with Crippen molar-refractivity contribution in [3.8, 4) is 5.75 Å². The van der Waals surface area contributed by atoms with E-state index in [1.165, 1.54) is 18.2 Å². The summed E-state index contributed by atoms with van der Waals surface area (Å²) < 4.78 is 6.38. The Morgan fingerprint density at radius 1 is 1.40 bits per heavy atom. The van der Waals surface area contributed by atoms with Crippen molar-refractivity contribution in [1.29, 1.82) is 0 Å². The van der Waals surface area contributed by atoms with Gasteiger partial charge in [0.2, 0.25) is 5.78 Å². The van der Waals surface area contributed by atoms with Crippen molar-refractivity contribution in [2.75, 3.05) is 6.61 Å². The molecule has 5 nitrogen and oxygen atoms in total. The molecule has 8 heteroatoms. The van der Waals surface area contributed by atoms with Crippen molar-refractivity contribution in [1.82, 2.24) is 0 Å². The van der Waals surface area contributed by atoms with Gasteiger partial charge in [-0.05, 0) is 34.1 Å². The van der Waals surface area contributed by atoms with Gasteiger partial charge in [0.1, 0.15) is 5.75 Å². The highest BCUT2D eigenvalue weighted by molar-refractivity contribution is 9.10. The summed E-state index contributed by atoms with van der Waals surface area (Å²) in [6.45, 7) is -0.212. The first kappa shape index (κ1) is 15.0. The van der Waals surface area contributed by atoms with E-state index in [2.05, 4.69) is 15.9 Å². The van der Waals surface area contributed by atoms with Crippen LogP contribution in [0.4, 0.5) is 5.69 Å². The van der Waals surface area contributed by atoms with Crippen LogP contribution in [0.2, 0.25) is 4.34 Å². The normalized spacial score (nSPS) is 10.3. The smallest absolute Gasteiger partial charge is 0.273 e. The van der Waals surface area contributed by atoms with Crippen LogP contribution in [0, 0.1) is 10.1 Å². The highest BCUT2D eigenvalue weighted by atomic mass is 79.9. The topological polar surface area (TPSA) is 69.4 Å². The first-order chi connectivity index (χ1) is 9.47. The van der Waals surface area contributed by atoms with E-state index in [1.54, 1.807) is 12.1 Å². The van der Waals surface area contributed by atoms with E-state index in [0.717, 1.165) is 11.3 Å². The summed E-state index contributed by atoms with van der Waals surface area (Å²) in [7, 11) is 0. The molecule has 0 fully saturated rings. The number of nitro benzene ring substituents is 1. The minimum atomic E-state index is -0.528. The summed E-state index contributed by atoms with van der Waals surface area (Å²) in [6.07, 6.45) is 0. The molecular formula is C12H7BrClNO4S. The van der Waals surface area contributed by atoms with E-state index >= 15 is 0 Å². The molecule has 104 valence electrons. The average Bonchev–Trinajstić information content (AvgIpc) is 2.84. The average molecular weight is 377 g/mol. The van der Waals surface area contributed by atoms with Gasteiger partial charge in [0, 0.05) is 6.07 Å². The number of benzene rings is 1. The maximum atomic E-state index is 11.8. The number of nitrogens with zero attached hydrogens (tertiary/aromatic N) is 1. The predicted octanol–water partition coefficient (Wildman–Crippen LogP) is 4.33. The zero-order valence-corrected chi connectivity index (χ0v) is 13.0. The van der Waals surface area contributed by atoms with Crippen LogP contribution >= 0.6 is 38.9 Å². The number of thiophene rings is 1. The zero-order valence-electron chi connectivity index (χ0n) is 9.84. The molecule has 2 aromatic rings. The summed E-state index contributed by atoms with van der Waals surface area (Å²) in [4.78, 5) is 22.5. The van der Waals surface area contributed by atoms with E-state index in [9.17, 15) is 14.9 Å². The molecule has 1 heterocycles. The number of nitro groups is 1. The number of ketones is 1. The molecule has 0 N–H and O–H groups in total. The lowest BCUT2D eigenvalue weighted by Crippen LogP contribution is -2.10. The molecule has 1 aromatic carbocycles. The van der Waals surface area contributed by atoms with Crippen molar-refractivity contribution in [2.24, 2.45) is 0 Å². The molecule has 2 rings (SSSR count). The van der Waals surface area contributed by atoms with Crippen LogP contribution in [-0.4, -0.2) is 17.3 Å². The second kappa shape index (κ2) is 6.34. The number of rotatable bonds is 5. The lowest BCUT2D eigenvalue weighted by atomic mass is 10.3. The van der Waals surface area contributed by atoms with E-state index < -0.39 is 4.92 Å². The third-order valence-corrected chi connectivity index (χ3v) is 4.26. The highest BCUT2D eigenvalue weighted by Gasteiger charge is 2.14. The monoisotopic (exact) mass is 375 g/mol. The Labute approximate surface area is 131 Å². The number of Topliss-reactive ketones (excluding diaryl/α,β-unsaturated/α-hetero) is 1. The van der Waals surface area contributed by atoms with Crippen molar-refractivity contribution < 1.29 is 14.5 Å². The largest absolute Gasteiger partial charge is 0.484 e. The Balaban J connectivity index is 2.09. The van der Waals surface area contributed by atoms with E-state index in [4.69, 9.17) is 16.3 Å². The van der Waals surface area contributed by atoms with Crippen LogP contribution in [0.15, 0.2) is 34.8 Å². The first-order valence-electron chi connectivity index (χ1n) is 5.32. The fourth-order valence-electron chi connectivity index (χ4n) is 1.39. The van der Waals surface area contributed by atoms with E-state index in [-0.39, 0.29) is 23.8 Å². The van der Waals surface area contributed by atoms with Crippen molar-refractivity contribution in [3.63, 3.8) is 0 Å². The van der Waals surface area contributed by atoms with E-state index in [0.29, 0.717) is 13.7 Å². The van der Waals surface area contributed by atoms with Crippen molar-refractivity contribution in [2.45, 2.75) is 0 Å². The number of halogens is 2. The summed E-state index contributed by atoms with van der Waals surface area (Å²) in [5.41, 5.74) is -0.102. The maximum Gasteiger partial charge on any atom is 0.273 e. The zero-order chi connectivity index (χ0) is 14.7. The quantitative estimate of drug-likeness (QED) is 0.442. The molecule has 0 spiro atoms. The van der Waals surface area contributed by atoms with Crippen molar-refractivity contribution >= 4 is 50.3 Å². The number of ether oxygens (including phenoxy) is 1. The number of hydrogen-bond donors (Lipinski definition) is 0. The van der Waals surface area contributed by atoms with Gasteiger partial charge in [0.05, 0.1) is 24.7 Å². The highest BCUT2D eigenvalue weighted by Crippen LogP contribution is 2.29. The standard InChI is InChI=1S/C12H7BrClNO4S/c13-8-2-1-7(15(17)18)5-10(8)19-6-9(16)11-3-4-12(14)20-11/h1-5H,6H2. The van der Waals surface area contributed by atoms with Gasteiger partial charge in [0.25, 0.3) is 5.69 Å². The van der Waals surface area contributed by atoms with Crippen LogP contribution < -0.4 is 4.74 Å². The summed E-state index contributed by atoms with van der Waals surface area (Å²) >= 11 is 10.1. The lowest BCUT2D eigenvalue weighted by Gasteiger charge is -2.06. The second-order valence-electron chi connectivity index (χ2n) is 3.69. The fourth-order valence-corrected chi connectivity index (χ4v) is 2.72. The summed E-state index contributed by atoms with van der Waals surface area (Å²) in [6, 6.07) is 7.35. The lowest BCUT2D eigenvalue weighted by molar-refractivity contribution is -0.384. The number of carbonyl (C=O) groups is 1. The molecule has 0 aliphatic rings. The SMILES string of the molecule is O=C(COc1cc([N+](=O)[O-])ccc1Br)c1ccc(Cl)s1. The van der Waals surface area contributed by atoms with Crippen LogP contribution in [0.1, 0.15) is 9.67 Å². The molecule has 0 bridgehead atoms. The molecule has 0 saturated heterocycles. The molecule has 0 amide bonds. The van der Waals surface area contributed by atoms with Gasteiger partial charge < -0.3 is 4.74 Å². The van der Waals surface area contributed by atoms with Gasteiger partial charge in [0.15, 0.2) is 6.61 Å². The molecule has 0 atom stereocenters. The number of hydrogen-bond acceptors (Lipinski definition) is 5. The Hall–Kier alpha value is -1.44. The Morgan fingerprint density at radius 3 is 2.75 bits per heavy atom. The predicted molar refractivity (Wildman–Crippen MR) is 80.0 cm³/mol. The van der Waals surface area contributed by atoms with Crippen LogP contribution in [0.25, 0.3) is 0 Å². The van der Waals surface area contributed by atoms with Crippen LogP contribution in [0.5, 0.6) is 5.75 Å². The molecule has 0 aliphatic heterocycles. The Bertz CT molecular complexity index is 673. The molecule has 0 radical (unpaired) electrons. The number of carbonyl (C=O) groups excluding carboxylic acids is 1. The van der Waals surface area contributed by atoms with Gasteiger partial charge in [-0.25, -0.2) is 0 Å². The van der Waals surface area contributed by atoms with Gasteiger partial charge in [-0.2, -0.15) is 0 Å². The molecule has 0 aliphatic carbocycles. The molecule has 0 unspecified atom stereocenters. The summed E-state index contributed by atoms with van der Waals surface area (Å²) in [5, 5.41) is 10.7. The minimum absolute atomic E-state index is 0.102. The third-order valence-electron chi connectivity index (χ3n) is 2.33. The third kappa shape index (κ3) is 3.56. The first-order valence-corrected chi connectivity index (χ1v) is 7.31. The molecule has 20 heavy (non-hydrogen) atoms. The van der Waals surface area contributed by atoms with Gasteiger partial charge in [-0.3, -0.25) is 14.9 Å². The van der Waals surface area contributed by atoms with Crippen molar-refractivity contribution in [3.05, 3.63) is 54.1 Å². The van der Waals surface area contributed by atoms with E-state index in [1.807, 2.05) is 0 Å². The van der Waals surface area contributed by atoms with Gasteiger partial charge in [-0.1, -0.05) is 11.6 Å². The molecular weight excluding hydrogens is 370 g/mol. The van der Waals surface area contributed by atoms with Crippen LogP contribution in [0.3, 0.4) is 0 Å². The van der Waals surface area contributed by atoms with Gasteiger partial charge >= 0.3 is 0 Å². The Morgan fingerprint density at radius 2 is 2.15 bits per heavy atom. The Kier molecular flexibility index (Phi) is 4.74. The second-order valence-corrected chi connectivity index (χ2v) is 6.26. The summed E-state index contributed by atoms with van der Waals surface area (Å²) in [5.74, 6) is 0.00973. The van der Waals surface area contributed by atoms with Crippen LogP contribution in [-0.2, 0) is 0 Å².